The number of nitriles is 3. The van der Waals surface area contributed by atoms with Crippen molar-refractivity contribution in [2.75, 3.05) is 0 Å². The lowest BCUT2D eigenvalue weighted by Crippen LogP contribution is -2.60. The molecule has 0 amide bonds. The van der Waals surface area contributed by atoms with Crippen molar-refractivity contribution in [3.63, 3.8) is 0 Å². The Hall–Kier alpha value is -2.95. The van der Waals surface area contributed by atoms with E-state index in [9.17, 15) is 20.2 Å². The van der Waals surface area contributed by atoms with E-state index in [4.69, 9.17) is 14.9 Å². The third-order valence-electron chi connectivity index (χ3n) is 6.10. The van der Waals surface area contributed by atoms with Crippen molar-refractivity contribution in [3.8, 4) is 18.2 Å². The van der Waals surface area contributed by atoms with Gasteiger partial charge in [0, 0.05) is 5.56 Å². The van der Waals surface area contributed by atoms with E-state index in [2.05, 4.69) is 6.07 Å². The first-order valence-electron chi connectivity index (χ1n) is 9.34. The summed E-state index contributed by atoms with van der Waals surface area (Å²) in [6.07, 6.45) is 1.98. The highest BCUT2D eigenvalue weighted by molar-refractivity contribution is 5.89. The van der Waals surface area contributed by atoms with E-state index >= 15 is 0 Å². The van der Waals surface area contributed by atoms with Crippen LogP contribution in [0.1, 0.15) is 45.1 Å². The van der Waals surface area contributed by atoms with Crippen molar-refractivity contribution in [1.29, 1.82) is 21.2 Å². The fourth-order valence-corrected chi connectivity index (χ4v) is 4.50. The van der Waals surface area contributed by atoms with E-state index < -0.39 is 40.4 Å². The van der Waals surface area contributed by atoms with Crippen LogP contribution in [0.5, 0.6) is 0 Å². The summed E-state index contributed by atoms with van der Waals surface area (Å²) in [7, 11) is 0. The number of hydrogen-bond donors (Lipinski definition) is 1. The first kappa shape index (κ1) is 19.8. The summed E-state index contributed by atoms with van der Waals surface area (Å²) < 4.78 is 25.5. The molecule has 2 saturated heterocycles. The smallest absolute Gasteiger partial charge is 0.243 e. The number of hydrogen-bond acceptors (Lipinski definition) is 6. The molecule has 2 fully saturated rings. The second kappa shape index (κ2) is 6.89. The average molecular weight is 380 g/mol. The van der Waals surface area contributed by atoms with E-state index in [1.165, 1.54) is 24.3 Å². The van der Waals surface area contributed by atoms with Crippen LogP contribution in [-0.4, -0.2) is 12.0 Å². The molecule has 0 radical (unpaired) electrons. The van der Waals surface area contributed by atoms with Gasteiger partial charge in [0.1, 0.15) is 5.82 Å². The number of benzene rings is 1. The highest BCUT2D eigenvalue weighted by Crippen LogP contribution is 2.66. The molecule has 2 bridgehead atoms. The lowest BCUT2D eigenvalue weighted by molar-refractivity contribution is -0.286. The molecule has 2 heterocycles. The molecule has 4 atom stereocenters. The normalized spacial score (nSPS) is 32.6. The van der Waals surface area contributed by atoms with Crippen LogP contribution in [-0.2, 0) is 15.3 Å². The van der Waals surface area contributed by atoms with Crippen LogP contribution < -0.4 is 0 Å². The molecule has 6 nitrogen and oxygen atoms in total. The Balaban J connectivity index is 2.21. The van der Waals surface area contributed by atoms with E-state index in [0.717, 1.165) is 12.8 Å². The maximum Gasteiger partial charge on any atom is 0.243 e. The standard InChI is InChI=1S/C21H21FN4O2/c1-3-4-5-6-17-19(11-23,12-24)20(13-25)14(2)21(27-17,28-18(20)26)15-7-9-16(22)10-8-15/h7-10,14,17,26H,3-6H2,1-2H3. The predicted octanol–water partition coefficient (Wildman–Crippen LogP) is 4.14. The summed E-state index contributed by atoms with van der Waals surface area (Å²) in [5.74, 6) is -3.22. The van der Waals surface area contributed by atoms with Gasteiger partial charge in [-0.3, -0.25) is 5.41 Å². The molecule has 144 valence electrons. The summed E-state index contributed by atoms with van der Waals surface area (Å²) in [5.41, 5.74) is -3.19. The van der Waals surface area contributed by atoms with Gasteiger partial charge in [-0.2, -0.15) is 15.8 Å². The quantitative estimate of drug-likeness (QED) is 0.771. The summed E-state index contributed by atoms with van der Waals surface area (Å²) >= 11 is 0. The lowest BCUT2D eigenvalue weighted by Gasteiger charge is -2.48. The second-order valence-corrected chi connectivity index (χ2v) is 7.38. The minimum Gasteiger partial charge on any atom is -0.443 e. The minimum absolute atomic E-state index is 0.380. The molecule has 0 spiro atoms. The molecule has 1 aromatic rings. The Morgan fingerprint density at radius 1 is 1.11 bits per heavy atom. The number of unbranched alkanes of at least 4 members (excludes halogenated alkanes) is 2. The zero-order valence-electron chi connectivity index (χ0n) is 15.8. The van der Waals surface area contributed by atoms with Gasteiger partial charge >= 0.3 is 0 Å². The van der Waals surface area contributed by atoms with Crippen LogP contribution >= 0.6 is 0 Å². The molecule has 0 saturated carbocycles. The van der Waals surface area contributed by atoms with Crippen molar-refractivity contribution in [2.45, 2.75) is 51.4 Å². The summed E-state index contributed by atoms with van der Waals surface area (Å²) in [4.78, 5) is 0. The first-order valence-corrected chi connectivity index (χ1v) is 9.34. The molecule has 1 N–H and O–H groups in total. The van der Waals surface area contributed by atoms with Crippen molar-refractivity contribution >= 4 is 5.90 Å². The van der Waals surface area contributed by atoms with Crippen LogP contribution in [0.15, 0.2) is 24.3 Å². The van der Waals surface area contributed by atoms with E-state index in [1.807, 2.05) is 19.1 Å². The van der Waals surface area contributed by atoms with E-state index in [-0.39, 0.29) is 0 Å². The molecule has 4 unspecified atom stereocenters. The average Bonchev–Trinajstić information content (AvgIpc) is 2.86. The minimum atomic E-state index is -1.87. The molecule has 2 aliphatic heterocycles. The van der Waals surface area contributed by atoms with E-state index in [0.29, 0.717) is 18.4 Å². The van der Waals surface area contributed by atoms with Crippen LogP contribution in [0.4, 0.5) is 4.39 Å². The topological polar surface area (TPSA) is 114 Å². The van der Waals surface area contributed by atoms with Gasteiger partial charge in [-0.05, 0) is 30.7 Å². The maximum atomic E-state index is 13.5. The van der Waals surface area contributed by atoms with Crippen LogP contribution in [0, 0.1) is 62.0 Å². The Bertz CT molecular complexity index is 896. The summed E-state index contributed by atoms with van der Waals surface area (Å²) in [6.45, 7) is 3.67. The van der Waals surface area contributed by atoms with Crippen molar-refractivity contribution in [3.05, 3.63) is 35.6 Å². The largest absolute Gasteiger partial charge is 0.443 e. The fraction of sp³-hybridized carbons (Fsp3) is 0.524. The Morgan fingerprint density at radius 3 is 2.29 bits per heavy atom. The van der Waals surface area contributed by atoms with Gasteiger partial charge in [-0.25, -0.2) is 4.39 Å². The van der Waals surface area contributed by atoms with Crippen LogP contribution in [0.3, 0.4) is 0 Å². The van der Waals surface area contributed by atoms with Crippen molar-refractivity contribution in [1.82, 2.24) is 0 Å². The molecule has 28 heavy (non-hydrogen) atoms. The van der Waals surface area contributed by atoms with Crippen LogP contribution in [0.2, 0.25) is 0 Å². The summed E-state index contributed by atoms with van der Waals surface area (Å²) in [5, 5.41) is 38.6. The Kier molecular flexibility index (Phi) is 4.88. The van der Waals surface area contributed by atoms with Gasteiger partial charge in [-0.15, -0.1) is 0 Å². The number of halogens is 1. The predicted molar refractivity (Wildman–Crippen MR) is 96.8 cm³/mol. The maximum absolute atomic E-state index is 13.5. The molecule has 2 aliphatic rings. The molecule has 3 rings (SSSR count). The summed E-state index contributed by atoms with van der Waals surface area (Å²) in [6, 6.07) is 11.6. The van der Waals surface area contributed by atoms with E-state index in [1.54, 1.807) is 6.92 Å². The Labute approximate surface area is 163 Å². The monoisotopic (exact) mass is 380 g/mol. The molecule has 0 aliphatic carbocycles. The fourth-order valence-electron chi connectivity index (χ4n) is 4.50. The van der Waals surface area contributed by atoms with Crippen molar-refractivity contribution < 1.29 is 13.9 Å². The zero-order chi connectivity index (χ0) is 20.6. The third kappa shape index (κ3) is 2.28. The SMILES string of the molecule is CCCCCC1OC2(c3ccc(F)cc3)OC(=N)C(C#N)(C2C)C1(C#N)C#N. The van der Waals surface area contributed by atoms with Gasteiger partial charge in [0.2, 0.25) is 11.7 Å². The zero-order valence-corrected chi connectivity index (χ0v) is 15.8. The highest BCUT2D eigenvalue weighted by Gasteiger charge is 2.79. The van der Waals surface area contributed by atoms with Crippen molar-refractivity contribution in [2.24, 2.45) is 16.7 Å². The molecule has 7 heteroatoms. The van der Waals surface area contributed by atoms with Gasteiger partial charge in [0.15, 0.2) is 10.8 Å². The lowest BCUT2D eigenvalue weighted by atomic mass is 9.53. The van der Waals surface area contributed by atoms with Gasteiger partial charge in [0.25, 0.3) is 0 Å². The Morgan fingerprint density at radius 2 is 1.75 bits per heavy atom. The molecular weight excluding hydrogens is 359 g/mol. The number of fused-ring (bicyclic) bond motifs is 2. The van der Waals surface area contributed by atoms with Gasteiger partial charge < -0.3 is 9.47 Å². The molecule has 0 aromatic heterocycles. The number of nitrogens with zero attached hydrogens (tertiary/aromatic N) is 3. The van der Waals surface area contributed by atoms with Gasteiger partial charge in [-0.1, -0.05) is 33.1 Å². The second-order valence-electron chi connectivity index (χ2n) is 7.38. The third-order valence-corrected chi connectivity index (χ3v) is 6.10. The van der Waals surface area contributed by atoms with Crippen LogP contribution in [0.25, 0.3) is 0 Å². The first-order chi connectivity index (χ1) is 13.4. The molecule has 1 aromatic carbocycles. The number of ether oxygens (including phenoxy) is 2. The highest BCUT2D eigenvalue weighted by atomic mass is 19.1. The molecular formula is C21H21FN4O2. The van der Waals surface area contributed by atoms with Gasteiger partial charge in [0.05, 0.1) is 30.2 Å². The number of rotatable bonds is 5. The number of nitrogens with one attached hydrogen (secondary N) is 1.